The fraction of sp³-hybridized carbons (Fsp3) is 0.467. The number of fused-ring (bicyclic) bond motifs is 1. The van der Waals surface area contributed by atoms with Crippen molar-refractivity contribution in [3.8, 4) is 22.4 Å². The number of hydrogen-bond donors (Lipinski definition) is 2. The lowest BCUT2D eigenvalue weighted by molar-refractivity contribution is -0.137. The third kappa shape index (κ3) is 6.75. The fourth-order valence-electron chi connectivity index (χ4n) is 5.50. The number of anilines is 1. The fourth-order valence-corrected chi connectivity index (χ4v) is 6.26. The lowest BCUT2D eigenvalue weighted by Crippen LogP contribution is -2.47. The Bertz CT molecular complexity index is 1640. The largest absolute Gasteiger partial charge is 0.465 e. The van der Waals surface area contributed by atoms with E-state index in [1.807, 2.05) is 26.0 Å². The highest BCUT2D eigenvalue weighted by Gasteiger charge is 2.37. The number of likely N-dealkylation sites (tertiary alicyclic amines) is 1. The molecule has 0 radical (unpaired) electrons. The van der Waals surface area contributed by atoms with E-state index in [9.17, 15) is 23.1 Å². The van der Waals surface area contributed by atoms with Crippen molar-refractivity contribution in [2.75, 3.05) is 18.5 Å². The van der Waals surface area contributed by atoms with Crippen molar-refractivity contribution in [3.63, 3.8) is 0 Å². The summed E-state index contributed by atoms with van der Waals surface area (Å²) in [6, 6.07) is 6.44. The van der Waals surface area contributed by atoms with Crippen LogP contribution in [0.25, 0.3) is 33.3 Å². The Kier molecular flexibility index (Phi) is 8.76. The molecule has 1 unspecified atom stereocenters. The molecule has 10 nitrogen and oxygen atoms in total. The zero-order valence-corrected chi connectivity index (χ0v) is 26.5. The minimum atomic E-state index is -4.73. The predicted molar refractivity (Wildman–Crippen MR) is 163 cm³/mol. The van der Waals surface area contributed by atoms with Crippen molar-refractivity contribution in [2.45, 2.75) is 77.9 Å². The number of nitrogens with one attached hydrogen (secondary N) is 1. The maximum absolute atomic E-state index is 14.4. The number of nitrogens with zero attached hydrogens (tertiary/aromatic N) is 5. The number of rotatable bonds is 9. The smallest absolute Gasteiger partial charge is 0.419 e. The zero-order chi connectivity index (χ0) is 31.8. The first kappa shape index (κ1) is 31.5. The van der Waals surface area contributed by atoms with Crippen LogP contribution >= 0.6 is 0 Å². The number of carbonyl (C=O) groups is 1. The number of aryl methyl sites for hydroxylation is 2. The van der Waals surface area contributed by atoms with Crippen LogP contribution in [0.1, 0.15) is 36.3 Å². The maximum Gasteiger partial charge on any atom is 0.419 e. The first-order valence-electron chi connectivity index (χ1n) is 14.6. The summed E-state index contributed by atoms with van der Waals surface area (Å²) in [5.74, 6) is 0.557. The molecule has 3 aromatic heterocycles. The minimum Gasteiger partial charge on any atom is -0.465 e. The molecule has 0 aliphatic carbocycles. The van der Waals surface area contributed by atoms with Gasteiger partial charge in [-0.1, -0.05) is 36.9 Å². The average Bonchev–Trinajstić information content (AvgIpc) is 3.48. The summed E-state index contributed by atoms with van der Waals surface area (Å²) >= 11 is 0. The van der Waals surface area contributed by atoms with Crippen LogP contribution in [0.3, 0.4) is 0 Å². The Morgan fingerprint density at radius 2 is 2.00 bits per heavy atom. The molecule has 1 saturated heterocycles. The summed E-state index contributed by atoms with van der Waals surface area (Å²) in [6.07, 6.45) is -2.14. The van der Waals surface area contributed by atoms with Gasteiger partial charge in [0.1, 0.15) is 24.2 Å². The van der Waals surface area contributed by atoms with E-state index in [4.69, 9.17) is 9.26 Å². The molecule has 0 bridgehead atoms. The van der Waals surface area contributed by atoms with E-state index < -0.39 is 32.1 Å². The van der Waals surface area contributed by atoms with Gasteiger partial charge in [0, 0.05) is 50.1 Å². The van der Waals surface area contributed by atoms with E-state index in [2.05, 4.69) is 40.1 Å². The van der Waals surface area contributed by atoms with Gasteiger partial charge >= 0.3 is 12.3 Å². The molecular formula is C30H37F3N6O4Si. The van der Waals surface area contributed by atoms with Gasteiger partial charge in [-0.2, -0.15) is 13.2 Å². The van der Waals surface area contributed by atoms with E-state index in [1.165, 1.54) is 4.90 Å². The molecule has 44 heavy (non-hydrogen) atoms. The molecule has 1 aliphatic rings. The molecule has 4 aromatic rings. The van der Waals surface area contributed by atoms with E-state index in [0.29, 0.717) is 48.4 Å². The molecule has 4 heterocycles. The minimum absolute atomic E-state index is 0.0780. The Morgan fingerprint density at radius 3 is 2.66 bits per heavy atom. The van der Waals surface area contributed by atoms with Crippen LogP contribution in [0.2, 0.25) is 25.7 Å². The van der Waals surface area contributed by atoms with Crippen molar-refractivity contribution in [2.24, 2.45) is 0 Å². The Hall–Kier alpha value is -3.91. The highest BCUT2D eigenvalue weighted by Crippen LogP contribution is 2.41. The summed E-state index contributed by atoms with van der Waals surface area (Å²) in [7, 11) is -1.36. The highest BCUT2D eigenvalue weighted by atomic mass is 28.3. The number of halogens is 3. The summed E-state index contributed by atoms with van der Waals surface area (Å²) in [5.41, 5.74) is 1.97. The van der Waals surface area contributed by atoms with Gasteiger partial charge in [-0.15, -0.1) is 0 Å². The molecule has 1 amide bonds. The molecule has 1 fully saturated rings. The first-order chi connectivity index (χ1) is 20.7. The average molecular weight is 631 g/mol. The molecule has 1 aromatic carbocycles. The van der Waals surface area contributed by atoms with Gasteiger partial charge in [-0.05, 0) is 50.8 Å². The molecule has 236 valence electrons. The molecule has 0 spiro atoms. The van der Waals surface area contributed by atoms with Gasteiger partial charge in [0.2, 0.25) is 5.95 Å². The van der Waals surface area contributed by atoms with E-state index in [-0.39, 0.29) is 23.9 Å². The van der Waals surface area contributed by atoms with E-state index in [0.717, 1.165) is 29.8 Å². The van der Waals surface area contributed by atoms with E-state index in [1.54, 1.807) is 16.8 Å². The molecule has 1 aliphatic heterocycles. The second-order valence-electron chi connectivity index (χ2n) is 12.4. The third-order valence-corrected chi connectivity index (χ3v) is 9.53. The lowest BCUT2D eigenvalue weighted by Gasteiger charge is -2.33. The van der Waals surface area contributed by atoms with Crippen LogP contribution in [-0.4, -0.2) is 63.2 Å². The Morgan fingerprint density at radius 1 is 1.23 bits per heavy atom. The van der Waals surface area contributed by atoms with Gasteiger partial charge in [0.05, 0.1) is 16.9 Å². The molecule has 1 atom stereocenters. The number of carboxylic acid groups (broad SMARTS) is 1. The molecular weight excluding hydrogens is 593 g/mol. The van der Waals surface area contributed by atoms with Gasteiger partial charge < -0.3 is 24.3 Å². The normalized spacial score (nSPS) is 16.1. The molecule has 0 saturated carbocycles. The first-order valence-corrected chi connectivity index (χ1v) is 18.3. The van der Waals surface area contributed by atoms with Crippen LogP contribution < -0.4 is 5.32 Å². The van der Waals surface area contributed by atoms with Crippen LogP contribution in [0, 0.1) is 13.8 Å². The lowest BCUT2D eigenvalue weighted by atomic mass is 10.0. The van der Waals surface area contributed by atoms with Gasteiger partial charge in [0.25, 0.3) is 0 Å². The second kappa shape index (κ2) is 12.2. The molecule has 2 N–H and O–H groups in total. The maximum atomic E-state index is 14.4. The van der Waals surface area contributed by atoms with Crippen molar-refractivity contribution in [3.05, 3.63) is 47.6 Å². The highest BCUT2D eigenvalue weighted by molar-refractivity contribution is 6.76. The standard InChI is InChI=1S/C30H37F3N6O4Si/c1-18-26(19(2)43-37-18)20-9-10-21-22(16-38(24(21)14-20)17-42-12-13-44(3,4)5)27-23(30(31,32)33)15-34-28(36-27)35-25-8-6-7-11-39(25)29(40)41/h9-10,14-16,25H,6-8,11-13,17H2,1-5H3,(H,40,41)(H,34,35,36). The molecule has 14 heteroatoms. The number of ether oxygens (including phenoxy) is 1. The number of benzene rings is 1. The van der Waals surface area contributed by atoms with Gasteiger partial charge in [0.15, 0.2) is 0 Å². The SMILES string of the molecule is Cc1noc(C)c1-c1ccc2c(-c3nc(NC4CCCCN4C(=O)O)ncc3C(F)(F)F)cn(COCC[Si](C)(C)C)c2c1. The number of amides is 1. The second-order valence-corrected chi connectivity index (χ2v) is 18.0. The summed E-state index contributed by atoms with van der Waals surface area (Å²) < 4.78 is 56.3. The van der Waals surface area contributed by atoms with Gasteiger partial charge in [-0.25, -0.2) is 14.8 Å². The number of alkyl halides is 3. The van der Waals surface area contributed by atoms with Gasteiger partial charge in [-0.3, -0.25) is 4.90 Å². The van der Waals surface area contributed by atoms with Crippen LogP contribution in [0.5, 0.6) is 0 Å². The number of piperidine rings is 1. The van der Waals surface area contributed by atoms with Crippen LogP contribution in [0.4, 0.5) is 23.9 Å². The number of aromatic nitrogens is 4. The van der Waals surface area contributed by atoms with Crippen molar-refractivity contribution in [1.29, 1.82) is 0 Å². The van der Waals surface area contributed by atoms with Crippen molar-refractivity contribution in [1.82, 2.24) is 24.6 Å². The monoisotopic (exact) mass is 630 g/mol. The number of hydrogen-bond acceptors (Lipinski definition) is 7. The summed E-state index contributed by atoms with van der Waals surface area (Å²) in [4.78, 5) is 21.3. The molecule has 5 rings (SSSR count). The van der Waals surface area contributed by atoms with Crippen molar-refractivity contribution < 1.29 is 32.3 Å². The zero-order valence-electron chi connectivity index (χ0n) is 25.5. The quantitative estimate of drug-likeness (QED) is 0.143. The van der Waals surface area contributed by atoms with E-state index >= 15 is 0 Å². The predicted octanol–water partition coefficient (Wildman–Crippen LogP) is 7.60. The van der Waals surface area contributed by atoms with Crippen LogP contribution in [-0.2, 0) is 17.6 Å². The van der Waals surface area contributed by atoms with Crippen molar-refractivity contribution >= 4 is 31.0 Å². The topological polar surface area (TPSA) is 119 Å². The van der Waals surface area contributed by atoms with Crippen LogP contribution in [0.15, 0.2) is 35.1 Å². The summed E-state index contributed by atoms with van der Waals surface area (Å²) in [6.45, 7) is 11.4. The third-order valence-electron chi connectivity index (χ3n) is 7.82. The Balaban J connectivity index is 1.61. The Labute approximate surface area is 254 Å². The summed E-state index contributed by atoms with van der Waals surface area (Å²) in [5, 5.41) is 17.2.